The van der Waals surface area contributed by atoms with Crippen LogP contribution >= 0.6 is 0 Å². The van der Waals surface area contributed by atoms with Gasteiger partial charge in [0.2, 0.25) is 0 Å². The lowest BCUT2D eigenvalue weighted by molar-refractivity contribution is 0.0768. The Morgan fingerprint density at radius 2 is 1.95 bits per heavy atom. The predicted octanol–water partition coefficient (Wildman–Crippen LogP) is 1.74. The quantitative estimate of drug-likeness (QED) is 0.867. The molecule has 3 rings (SSSR count). The molecule has 2 heterocycles. The van der Waals surface area contributed by atoms with Gasteiger partial charge in [-0.05, 0) is 45.3 Å². The number of likely N-dealkylation sites (N-methyl/N-ethyl adjacent to an activating group) is 1. The van der Waals surface area contributed by atoms with Crippen molar-refractivity contribution in [2.24, 2.45) is 7.05 Å². The molecule has 1 aromatic heterocycles. The van der Waals surface area contributed by atoms with E-state index in [-0.39, 0.29) is 0 Å². The summed E-state index contributed by atoms with van der Waals surface area (Å²) in [6, 6.07) is 0.500. The molecule has 5 nitrogen and oxygen atoms in total. The fraction of sp³-hybridized carbons (Fsp3) is 0.875. The molecule has 0 amide bonds. The van der Waals surface area contributed by atoms with Gasteiger partial charge in [0.1, 0.15) is 0 Å². The summed E-state index contributed by atoms with van der Waals surface area (Å²) in [5, 5.41) is 12.2. The van der Waals surface area contributed by atoms with Crippen LogP contribution in [0.4, 0.5) is 0 Å². The van der Waals surface area contributed by atoms with E-state index in [4.69, 9.17) is 0 Å². The second-order valence-electron chi connectivity index (χ2n) is 6.70. The van der Waals surface area contributed by atoms with Gasteiger partial charge < -0.3 is 5.32 Å². The zero-order chi connectivity index (χ0) is 14.7. The van der Waals surface area contributed by atoms with Crippen molar-refractivity contribution in [3.05, 3.63) is 11.9 Å². The van der Waals surface area contributed by atoms with E-state index in [2.05, 4.69) is 33.6 Å². The van der Waals surface area contributed by atoms with Gasteiger partial charge in [-0.15, -0.1) is 5.10 Å². The maximum atomic E-state index is 4.32. The molecule has 1 aromatic rings. The van der Waals surface area contributed by atoms with E-state index >= 15 is 0 Å². The van der Waals surface area contributed by atoms with Gasteiger partial charge in [-0.3, -0.25) is 9.58 Å². The summed E-state index contributed by atoms with van der Waals surface area (Å²) in [5.74, 6) is 0. The van der Waals surface area contributed by atoms with Crippen LogP contribution in [0.25, 0.3) is 0 Å². The summed E-state index contributed by atoms with van der Waals surface area (Å²) in [4.78, 5) is 2.78. The average Bonchev–Trinajstić information content (AvgIpc) is 3.20. The van der Waals surface area contributed by atoms with E-state index in [9.17, 15) is 0 Å². The maximum absolute atomic E-state index is 4.32. The van der Waals surface area contributed by atoms with Crippen molar-refractivity contribution in [3.8, 4) is 0 Å². The lowest BCUT2D eigenvalue weighted by atomic mass is 9.83. The zero-order valence-electron chi connectivity index (χ0n) is 13.5. The molecule has 1 saturated carbocycles. The normalized spacial score (nSPS) is 23.7. The monoisotopic (exact) mass is 291 g/mol. The average molecular weight is 291 g/mol. The second-order valence-corrected chi connectivity index (χ2v) is 6.70. The lowest BCUT2D eigenvalue weighted by Gasteiger charge is -2.45. The number of nitrogens with one attached hydrogen (secondary N) is 1. The summed E-state index contributed by atoms with van der Waals surface area (Å²) < 4.78 is 1.81. The summed E-state index contributed by atoms with van der Waals surface area (Å²) in [7, 11) is 1.95. The van der Waals surface area contributed by atoms with E-state index in [1.54, 1.807) is 0 Å². The van der Waals surface area contributed by atoms with E-state index in [0.29, 0.717) is 11.6 Å². The van der Waals surface area contributed by atoms with Crippen LogP contribution in [0.5, 0.6) is 0 Å². The van der Waals surface area contributed by atoms with Crippen molar-refractivity contribution in [2.45, 2.75) is 63.5 Å². The number of hydrogen-bond donors (Lipinski definition) is 1. The fourth-order valence-electron chi connectivity index (χ4n) is 4.43. The number of rotatable bonds is 6. The minimum Gasteiger partial charge on any atom is -0.312 e. The van der Waals surface area contributed by atoms with E-state index in [0.717, 1.165) is 18.7 Å². The summed E-state index contributed by atoms with van der Waals surface area (Å²) in [6.07, 6.45) is 11.2. The minimum atomic E-state index is 0.351. The number of aryl methyl sites for hydroxylation is 1. The molecule has 21 heavy (non-hydrogen) atoms. The third-order valence-electron chi connectivity index (χ3n) is 5.37. The SMILES string of the molecule is CCNC(Cc1cn(C)nn1)C1(N2CCCC2)CCCC1. The van der Waals surface area contributed by atoms with Gasteiger partial charge in [-0.2, -0.15) is 0 Å². The molecule has 1 unspecified atom stereocenters. The van der Waals surface area contributed by atoms with E-state index in [1.807, 2.05) is 11.7 Å². The van der Waals surface area contributed by atoms with Gasteiger partial charge in [-0.1, -0.05) is 25.0 Å². The first kappa shape index (κ1) is 15.0. The van der Waals surface area contributed by atoms with E-state index in [1.165, 1.54) is 51.6 Å². The van der Waals surface area contributed by atoms with Crippen LogP contribution in [0.3, 0.4) is 0 Å². The third-order valence-corrected chi connectivity index (χ3v) is 5.37. The lowest BCUT2D eigenvalue weighted by Crippen LogP contribution is -2.60. The molecule has 1 N–H and O–H groups in total. The maximum Gasteiger partial charge on any atom is 0.0843 e. The van der Waals surface area contributed by atoms with Gasteiger partial charge in [0.25, 0.3) is 0 Å². The Bertz CT molecular complexity index is 443. The molecule has 1 aliphatic heterocycles. The van der Waals surface area contributed by atoms with Crippen LogP contribution in [0, 0.1) is 0 Å². The molecule has 0 bridgehead atoms. The van der Waals surface area contributed by atoms with Crippen LogP contribution in [-0.2, 0) is 13.5 Å². The molecule has 2 fully saturated rings. The van der Waals surface area contributed by atoms with Gasteiger partial charge in [0.15, 0.2) is 0 Å². The Morgan fingerprint density at radius 1 is 1.24 bits per heavy atom. The minimum absolute atomic E-state index is 0.351. The van der Waals surface area contributed by atoms with Crippen LogP contribution in [0.1, 0.15) is 51.1 Å². The van der Waals surface area contributed by atoms with Crippen molar-refractivity contribution in [1.82, 2.24) is 25.2 Å². The van der Waals surface area contributed by atoms with Crippen molar-refractivity contribution < 1.29 is 0 Å². The predicted molar refractivity (Wildman–Crippen MR) is 84.2 cm³/mol. The largest absolute Gasteiger partial charge is 0.312 e. The molecule has 5 heteroatoms. The van der Waals surface area contributed by atoms with Crippen molar-refractivity contribution >= 4 is 0 Å². The molecule has 0 radical (unpaired) electrons. The van der Waals surface area contributed by atoms with Gasteiger partial charge in [0.05, 0.1) is 5.69 Å². The highest BCUT2D eigenvalue weighted by molar-refractivity contribution is 5.09. The topological polar surface area (TPSA) is 46.0 Å². The van der Waals surface area contributed by atoms with Gasteiger partial charge in [0, 0.05) is 31.2 Å². The Morgan fingerprint density at radius 3 is 2.52 bits per heavy atom. The molecule has 0 aromatic carbocycles. The van der Waals surface area contributed by atoms with Gasteiger partial charge >= 0.3 is 0 Å². The summed E-state index contributed by atoms with van der Waals surface area (Å²) in [6.45, 7) is 5.81. The van der Waals surface area contributed by atoms with Crippen LogP contribution in [-0.4, -0.2) is 51.1 Å². The molecule has 1 atom stereocenters. The number of aromatic nitrogens is 3. The zero-order valence-corrected chi connectivity index (χ0v) is 13.5. The molecule has 118 valence electrons. The van der Waals surface area contributed by atoms with Gasteiger partial charge in [-0.25, -0.2) is 0 Å². The van der Waals surface area contributed by atoms with Crippen molar-refractivity contribution in [2.75, 3.05) is 19.6 Å². The first-order valence-corrected chi connectivity index (χ1v) is 8.58. The fourth-order valence-corrected chi connectivity index (χ4v) is 4.43. The Kier molecular flexibility index (Phi) is 4.60. The number of likely N-dealkylation sites (tertiary alicyclic amines) is 1. The first-order valence-electron chi connectivity index (χ1n) is 8.58. The summed E-state index contributed by atoms with van der Waals surface area (Å²) in [5.41, 5.74) is 1.47. The van der Waals surface area contributed by atoms with Crippen LogP contribution in [0.2, 0.25) is 0 Å². The molecule has 0 spiro atoms. The van der Waals surface area contributed by atoms with E-state index < -0.39 is 0 Å². The molecule has 2 aliphatic rings. The highest BCUT2D eigenvalue weighted by Crippen LogP contribution is 2.40. The Hall–Kier alpha value is -0.940. The first-order chi connectivity index (χ1) is 10.2. The smallest absolute Gasteiger partial charge is 0.0843 e. The van der Waals surface area contributed by atoms with Crippen molar-refractivity contribution in [3.63, 3.8) is 0 Å². The highest BCUT2D eigenvalue weighted by atomic mass is 15.4. The standard InChI is InChI=1S/C16H29N5/c1-3-17-15(12-14-13-20(2)19-18-14)16(8-4-5-9-16)21-10-6-7-11-21/h13,15,17H,3-12H2,1-2H3. The molecule has 1 saturated heterocycles. The third kappa shape index (κ3) is 2.99. The van der Waals surface area contributed by atoms with Crippen molar-refractivity contribution in [1.29, 1.82) is 0 Å². The molecular formula is C16H29N5. The highest BCUT2D eigenvalue weighted by Gasteiger charge is 2.46. The second kappa shape index (κ2) is 6.44. The summed E-state index contributed by atoms with van der Waals surface area (Å²) >= 11 is 0. The van der Waals surface area contributed by atoms with Crippen LogP contribution < -0.4 is 5.32 Å². The Balaban J connectivity index is 1.81. The molecular weight excluding hydrogens is 262 g/mol. The Labute approximate surface area is 128 Å². The number of hydrogen-bond acceptors (Lipinski definition) is 4. The van der Waals surface area contributed by atoms with Crippen LogP contribution in [0.15, 0.2) is 6.20 Å². The molecule has 1 aliphatic carbocycles. The number of nitrogens with zero attached hydrogens (tertiary/aromatic N) is 4.